The molecule has 1 unspecified atom stereocenters. The van der Waals surface area contributed by atoms with E-state index in [1.165, 1.54) is 6.92 Å². The number of ether oxygens (including phenoxy) is 1. The number of nitro groups is 1. The van der Waals surface area contributed by atoms with Gasteiger partial charge in [-0.05, 0) is 13.0 Å². The molecule has 6 nitrogen and oxygen atoms in total. The Morgan fingerprint density at radius 3 is 2.69 bits per heavy atom. The molecule has 1 aromatic rings. The second kappa shape index (κ2) is 4.56. The van der Waals surface area contributed by atoms with E-state index < -0.39 is 28.5 Å². The van der Waals surface area contributed by atoms with Crippen molar-refractivity contribution in [2.75, 3.05) is 0 Å². The summed E-state index contributed by atoms with van der Waals surface area (Å²) in [7, 11) is 0. The van der Waals surface area contributed by atoms with Gasteiger partial charge >= 0.3 is 5.97 Å². The third kappa shape index (κ3) is 2.66. The van der Waals surface area contributed by atoms with Crippen LogP contribution in [0.25, 0.3) is 0 Å². The number of halogens is 1. The summed E-state index contributed by atoms with van der Waals surface area (Å²) in [6, 6.07) is 2.73. The van der Waals surface area contributed by atoms with Crippen molar-refractivity contribution in [3.05, 3.63) is 34.1 Å². The van der Waals surface area contributed by atoms with Gasteiger partial charge in [-0.2, -0.15) is 0 Å². The van der Waals surface area contributed by atoms with Gasteiger partial charge in [0.2, 0.25) is 0 Å². The second-order valence-corrected chi connectivity index (χ2v) is 2.97. The molecule has 0 aliphatic carbocycles. The van der Waals surface area contributed by atoms with Gasteiger partial charge in [0.1, 0.15) is 0 Å². The van der Waals surface area contributed by atoms with Crippen LogP contribution < -0.4 is 4.74 Å². The molecule has 0 saturated heterocycles. The number of rotatable bonds is 4. The predicted octanol–water partition coefficient (Wildman–Crippen LogP) is 1.59. The highest BCUT2D eigenvalue weighted by Gasteiger charge is 2.17. The zero-order chi connectivity index (χ0) is 12.3. The predicted molar refractivity (Wildman–Crippen MR) is 50.8 cm³/mol. The van der Waals surface area contributed by atoms with Gasteiger partial charge in [0.25, 0.3) is 5.69 Å². The monoisotopic (exact) mass is 229 g/mol. The molecule has 0 aromatic heterocycles. The van der Waals surface area contributed by atoms with E-state index in [-0.39, 0.29) is 5.75 Å². The summed E-state index contributed by atoms with van der Waals surface area (Å²) in [6.45, 7) is 1.23. The molecule has 0 radical (unpaired) electrons. The molecule has 1 rings (SSSR count). The van der Waals surface area contributed by atoms with Crippen molar-refractivity contribution in [2.45, 2.75) is 13.0 Å². The maximum absolute atomic E-state index is 13.2. The lowest BCUT2D eigenvalue weighted by Crippen LogP contribution is -2.23. The maximum atomic E-state index is 13.2. The van der Waals surface area contributed by atoms with Crippen LogP contribution in [0.5, 0.6) is 5.75 Å². The van der Waals surface area contributed by atoms with Gasteiger partial charge in [0.15, 0.2) is 17.7 Å². The Morgan fingerprint density at radius 1 is 1.62 bits per heavy atom. The number of carboxylic acid groups (broad SMARTS) is 1. The molecule has 16 heavy (non-hydrogen) atoms. The molecule has 1 atom stereocenters. The molecule has 0 aliphatic rings. The van der Waals surface area contributed by atoms with Crippen LogP contribution in [-0.4, -0.2) is 22.1 Å². The quantitative estimate of drug-likeness (QED) is 0.625. The van der Waals surface area contributed by atoms with Gasteiger partial charge in [-0.1, -0.05) is 0 Å². The molecule has 0 bridgehead atoms. The molecule has 0 spiro atoms. The fraction of sp³-hybridized carbons (Fsp3) is 0.222. The standard InChI is InChI=1S/C9H8FNO5/c1-5(9(12)13)16-8-3-2-6(11(14)15)4-7(8)10/h2-5H,1H3,(H,12,13). The average Bonchev–Trinajstić information content (AvgIpc) is 2.20. The van der Waals surface area contributed by atoms with Crippen molar-refractivity contribution in [1.82, 2.24) is 0 Å². The minimum absolute atomic E-state index is 0.333. The van der Waals surface area contributed by atoms with E-state index >= 15 is 0 Å². The summed E-state index contributed by atoms with van der Waals surface area (Å²) in [5.41, 5.74) is -0.423. The Labute approximate surface area is 89.4 Å². The minimum Gasteiger partial charge on any atom is -0.479 e. The molecule has 0 saturated carbocycles. The Hall–Kier alpha value is -2.18. The fourth-order valence-electron chi connectivity index (χ4n) is 0.940. The van der Waals surface area contributed by atoms with E-state index in [1.54, 1.807) is 0 Å². The van der Waals surface area contributed by atoms with Gasteiger partial charge in [-0.15, -0.1) is 0 Å². The van der Waals surface area contributed by atoms with E-state index in [9.17, 15) is 19.3 Å². The number of benzene rings is 1. The van der Waals surface area contributed by atoms with Crippen molar-refractivity contribution in [2.24, 2.45) is 0 Å². The Bertz CT molecular complexity index is 434. The van der Waals surface area contributed by atoms with Crippen molar-refractivity contribution < 1.29 is 24.0 Å². The van der Waals surface area contributed by atoms with Crippen LogP contribution in [0.2, 0.25) is 0 Å². The maximum Gasteiger partial charge on any atom is 0.344 e. The SMILES string of the molecule is CC(Oc1ccc([N+](=O)[O-])cc1F)C(=O)O. The molecular formula is C9H8FNO5. The molecule has 1 N–H and O–H groups in total. The zero-order valence-corrected chi connectivity index (χ0v) is 8.21. The number of nitrogens with zero attached hydrogens (tertiary/aromatic N) is 1. The number of carboxylic acids is 1. The van der Waals surface area contributed by atoms with Gasteiger partial charge in [-0.3, -0.25) is 10.1 Å². The van der Waals surface area contributed by atoms with Crippen LogP contribution in [0, 0.1) is 15.9 Å². The Balaban J connectivity index is 2.91. The summed E-state index contributed by atoms with van der Waals surface area (Å²) in [5, 5.41) is 18.8. The average molecular weight is 229 g/mol. The molecule has 86 valence electrons. The van der Waals surface area contributed by atoms with Gasteiger partial charge in [0.05, 0.1) is 11.0 Å². The second-order valence-electron chi connectivity index (χ2n) is 2.97. The van der Waals surface area contributed by atoms with E-state index in [0.717, 1.165) is 12.1 Å². The first-order chi connectivity index (χ1) is 7.41. The molecule has 7 heteroatoms. The summed E-state index contributed by atoms with van der Waals surface area (Å²) < 4.78 is 18.0. The number of carbonyl (C=O) groups is 1. The smallest absolute Gasteiger partial charge is 0.344 e. The highest BCUT2D eigenvalue weighted by atomic mass is 19.1. The first-order valence-corrected chi connectivity index (χ1v) is 4.25. The lowest BCUT2D eigenvalue weighted by atomic mass is 10.3. The molecule has 1 aromatic carbocycles. The number of aliphatic carboxylic acids is 1. The van der Waals surface area contributed by atoms with Crippen molar-refractivity contribution in [3.63, 3.8) is 0 Å². The minimum atomic E-state index is -1.25. The molecule has 0 fully saturated rings. The zero-order valence-electron chi connectivity index (χ0n) is 8.21. The van der Waals surface area contributed by atoms with Crippen LogP contribution >= 0.6 is 0 Å². The van der Waals surface area contributed by atoms with Crippen molar-refractivity contribution in [3.8, 4) is 5.75 Å². The fourth-order valence-corrected chi connectivity index (χ4v) is 0.940. The number of nitro benzene ring substituents is 1. The highest BCUT2D eigenvalue weighted by Crippen LogP contribution is 2.23. The van der Waals surface area contributed by atoms with E-state index in [0.29, 0.717) is 6.07 Å². The number of non-ortho nitro benzene ring substituents is 1. The third-order valence-electron chi connectivity index (χ3n) is 1.78. The van der Waals surface area contributed by atoms with Gasteiger partial charge in [0, 0.05) is 6.07 Å². The summed E-state index contributed by atoms with van der Waals surface area (Å²) in [6.07, 6.45) is -1.23. The Morgan fingerprint density at radius 2 is 2.25 bits per heavy atom. The number of hydrogen-bond acceptors (Lipinski definition) is 4. The Kier molecular flexibility index (Phi) is 3.39. The van der Waals surface area contributed by atoms with Crippen LogP contribution in [-0.2, 0) is 4.79 Å². The van der Waals surface area contributed by atoms with E-state index in [4.69, 9.17) is 9.84 Å². The third-order valence-corrected chi connectivity index (χ3v) is 1.78. The molecule has 0 amide bonds. The van der Waals surface area contributed by atoms with Crippen molar-refractivity contribution >= 4 is 11.7 Å². The molecular weight excluding hydrogens is 221 g/mol. The van der Waals surface area contributed by atoms with E-state index in [2.05, 4.69) is 0 Å². The molecule has 0 aliphatic heterocycles. The normalized spacial score (nSPS) is 11.9. The van der Waals surface area contributed by atoms with Crippen LogP contribution in [0.15, 0.2) is 18.2 Å². The van der Waals surface area contributed by atoms with Gasteiger partial charge in [-0.25, -0.2) is 9.18 Å². The van der Waals surface area contributed by atoms with Crippen molar-refractivity contribution in [1.29, 1.82) is 0 Å². The first-order valence-electron chi connectivity index (χ1n) is 4.25. The number of hydrogen-bond donors (Lipinski definition) is 1. The van der Waals surface area contributed by atoms with E-state index in [1.807, 2.05) is 0 Å². The highest BCUT2D eigenvalue weighted by molar-refractivity contribution is 5.72. The lowest BCUT2D eigenvalue weighted by molar-refractivity contribution is -0.385. The van der Waals surface area contributed by atoms with Crippen LogP contribution in [0.3, 0.4) is 0 Å². The molecule has 0 heterocycles. The van der Waals surface area contributed by atoms with Gasteiger partial charge < -0.3 is 9.84 Å². The lowest BCUT2D eigenvalue weighted by Gasteiger charge is -2.10. The summed E-state index contributed by atoms with van der Waals surface area (Å²) >= 11 is 0. The van der Waals surface area contributed by atoms with Crippen LogP contribution in [0.1, 0.15) is 6.92 Å². The first kappa shape index (κ1) is 11.9. The topological polar surface area (TPSA) is 89.7 Å². The summed E-state index contributed by atoms with van der Waals surface area (Å²) in [5.74, 6) is -2.56. The largest absolute Gasteiger partial charge is 0.479 e. The van der Waals surface area contributed by atoms with Crippen LogP contribution in [0.4, 0.5) is 10.1 Å². The summed E-state index contributed by atoms with van der Waals surface area (Å²) in [4.78, 5) is 20.0.